The lowest BCUT2D eigenvalue weighted by molar-refractivity contribution is 0.0892. The number of aryl methyl sites for hydroxylation is 2. The van der Waals surface area contributed by atoms with Gasteiger partial charge in [-0.15, -0.1) is 0 Å². The predicted molar refractivity (Wildman–Crippen MR) is 90.5 cm³/mol. The van der Waals surface area contributed by atoms with E-state index in [0.717, 1.165) is 30.7 Å². The van der Waals surface area contributed by atoms with Gasteiger partial charge in [-0.25, -0.2) is 9.50 Å². The highest BCUT2D eigenvalue weighted by atomic mass is 16.5. The van der Waals surface area contributed by atoms with Crippen LogP contribution in [0.2, 0.25) is 0 Å². The summed E-state index contributed by atoms with van der Waals surface area (Å²) in [5.41, 5.74) is 1.95. The molecule has 1 amide bonds. The van der Waals surface area contributed by atoms with E-state index in [-0.39, 0.29) is 18.1 Å². The fourth-order valence-electron chi connectivity index (χ4n) is 3.28. The van der Waals surface area contributed by atoms with Crippen molar-refractivity contribution in [3.05, 3.63) is 42.1 Å². The number of carbonyl (C=O) groups is 1. The lowest BCUT2D eigenvalue weighted by Crippen LogP contribution is -2.42. The molecule has 130 valence electrons. The van der Waals surface area contributed by atoms with Crippen LogP contribution in [0.25, 0.3) is 5.65 Å². The van der Waals surface area contributed by atoms with Gasteiger partial charge in [0.15, 0.2) is 11.4 Å². The van der Waals surface area contributed by atoms with Crippen molar-refractivity contribution in [3.63, 3.8) is 0 Å². The number of hydrogen-bond acceptors (Lipinski definition) is 5. The van der Waals surface area contributed by atoms with E-state index >= 15 is 0 Å². The average molecular weight is 340 g/mol. The van der Waals surface area contributed by atoms with Gasteiger partial charge in [0, 0.05) is 19.3 Å². The number of carbonyl (C=O) groups excluding carboxylic acids is 1. The molecule has 0 bridgehead atoms. The van der Waals surface area contributed by atoms with E-state index in [1.54, 1.807) is 27.8 Å². The van der Waals surface area contributed by atoms with Crippen LogP contribution in [-0.4, -0.2) is 42.4 Å². The summed E-state index contributed by atoms with van der Waals surface area (Å²) in [6, 6.07) is 1.78. The number of fused-ring (bicyclic) bond motifs is 1. The van der Waals surface area contributed by atoms with Gasteiger partial charge >= 0.3 is 0 Å². The van der Waals surface area contributed by atoms with Crippen LogP contribution in [0.1, 0.15) is 35.3 Å². The Hall–Kier alpha value is -2.90. The second kappa shape index (κ2) is 6.19. The van der Waals surface area contributed by atoms with E-state index in [0.29, 0.717) is 11.3 Å². The number of nitrogens with zero attached hydrogens (tertiary/aromatic N) is 5. The van der Waals surface area contributed by atoms with Crippen LogP contribution < -0.4 is 10.1 Å². The number of aromatic nitrogens is 5. The first-order chi connectivity index (χ1) is 12.1. The third kappa shape index (κ3) is 3.07. The molecule has 0 aliphatic heterocycles. The Morgan fingerprint density at radius 2 is 2.20 bits per heavy atom. The Labute approximate surface area is 144 Å². The van der Waals surface area contributed by atoms with Gasteiger partial charge in [0.2, 0.25) is 0 Å². The molecule has 1 saturated carbocycles. The van der Waals surface area contributed by atoms with Crippen LogP contribution >= 0.6 is 0 Å². The Morgan fingerprint density at radius 3 is 3.00 bits per heavy atom. The maximum Gasteiger partial charge on any atom is 0.255 e. The number of hydrogen-bond donors (Lipinski definition) is 1. The van der Waals surface area contributed by atoms with Crippen LogP contribution in [0.3, 0.4) is 0 Å². The number of rotatable bonds is 4. The minimum atomic E-state index is -0.144. The molecule has 8 heteroatoms. The smallest absolute Gasteiger partial charge is 0.255 e. The Bertz CT molecular complexity index is 915. The van der Waals surface area contributed by atoms with Gasteiger partial charge in [-0.2, -0.15) is 10.2 Å². The SMILES string of the molecule is Cc1nc2ccnn2cc1C(=O)N[C@H]1CCC[C@H]1Oc1cnn(C)c1. The topological polar surface area (TPSA) is 86.3 Å². The minimum Gasteiger partial charge on any atom is -0.485 e. The molecule has 2 atom stereocenters. The molecule has 4 rings (SSSR count). The fraction of sp³-hybridized carbons (Fsp3) is 0.412. The highest BCUT2D eigenvalue weighted by Gasteiger charge is 2.31. The quantitative estimate of drug-likeness (QED) is 0.778. The summed E-state index contributed by atoms with van der Waals surface area (Å²) in [5, 5.41) is 11.4. The van der Waals surface area contributed by atoms with Crippen molar-refractivity contribution in [2.24, 2.45) is 7.05 Å². The van der Waals surface area contributed by atoms with Crippen LogP contribution in [0.5, 0.6) is 5.75 Å². The molecule has 0 radical (unpaired) electrons. The van der Waals surface area contributed by atoms with Crippen molar-refractivity contribution in [1.29, 1.82) is 0 Å². The van der Waals surface area contributed by atoms with Gasteiger partial charge < -0.3 is 10.1 Å². The molecule has 0 spiro atoms. The summed E-state index contributed by atoms with van der Waals surface area (Å²) in [6.07, 6.45) is 9.69. The maximum absolute atomic E-state index is 12.7. The van der Waals surface area contributed by atoms with Gasteiger partial charge in [-0.1, -0.05) is 0 Å². The summed E-state index contributed by atoms with van der Waals surface area (Å²) in [7, 11) is 1.85. The molecule has 8 nitrogen and oxygen atoms in total. The third-order valence-corrected chi connectivity index (χ3v) is 4.56. The highest BCUT2D eigenvalue weighted by Crippen LogP contribution is 2.25. The summed E-state index contributed by atoms with van der Waals surface area (Å²) in [6.45, 7) is 1.83. The zero-order valence-corrected chi connectivity index (χ0v) is 14.2. The third-order valence-electron chi connectivity index (χ3n) is 4.56. The minimum absolute atomic E-state index is 0.0274. The summed E-state index contributed by atoms with van der Waals surface area (Å²) in [5.74, 6) is 0.582. The highest BCUT2D eigenvalue weighted by molar-refractivity contribution is 5.95. The van der Waals surface area contributed by atoms with Crippen LogP contribution in [0.15, 0.2) is 30.9 Å². The number of ether oxygens (including phenoxy) is 1. The van der Waals surface area contributed by atoms with Crippen molar-refractivity contribution < 1.29 is 9.53 Å². The molecule has 1 aliphatic carbocycles. The molecule has 3 aromatic heterocycles. The van der Waals surface area contributed by atoms with Gasteiger partial charge in [0.25, 0.3) is 5.91 Å². The van der Waals surface area contributed by atoms with Gasteiger partial charge in [-0.3, -0.25) is 9.48 Å². The van der Waals surface area contributed by atoms with Crippen molar-refractivity contribution >= 4 is 11.6 Å². The Kier molecular flexibility index (Phi) is 3.87. The molecule has 3 aromatic rings. The molecule has 0 aromatic carbocycles. The van der Waals surface area contributed by atoms with E-state index in [1.165, 1.54) is 0 Å². The van der Waals surface area contributed by atoms with Crippen molar-refractivity contribution in [2.45, 2.75) is 38.3 Å². The largest absolute Gasteiger partial charge is 0.485 e. The van der Waals surface area contributed by atoms with Crippen LogP contribution in [0, 0.1) is 6.92 Å². The lowest BCUT2D eigenvalue weighted by Gasteiger charge is -2.21. The second-order valence-corrected chi connectivity index (χ2v) is 6.39. The van der Waals surface area contributed by atoms with Crippen LogP contribution in [-0.2, 0) is 7.05 Å². The average Bonchev–Trinajstić information content (AvgIpc) is 3.29. The monoisotopic (exact) mass is 340 g/mol. The van der Waals surface area contributed by atoms with Crippen molar-refractivity contribution in [2.75, 3.05) is 0 Å². The van der Waals surface area contributed by atoms with Gasteiger partial charge in [0.05, 0.1) is 35.9 Å². The molecule has 1 aliphatic rings. The number of amides is 1. The summed E-state index contributed by atoms with van der Waals surface area (Å²) in [4.78, 5) is 17.1. The summed E-state index contributed by atoms with van der Waals surface area (Å²) < 4.78 is 9.31. The molecular formula is C17H20N6O2. The molecule has 1 fully saturated rings. The first-order valence-electron chi connectivity index (χ1n) is 8.37. The molecule has 25 heavy (non-hydrogen) atoms. The van der Waals surface area contributed by atoms with Crippen molar-refractivity contribution in [1.82, 2.24) is 29.7 Å². The number of nitrogens with one attached hydrogen (secondary N) is 1. The lowest BCUT2D eigenvalue weighted by atomic mass is 10.1. The first-order valence-corrected chi connectivity index (χ1v) is 8.37. The fourth-order valence-corrected chi connectivity index (χ4v) is 3.28. The standard InChI is InChI=1S/C17H20N6O2/c1-11-13(10-23-16(20-11)6-7-18-23)17(24)21-14-4-3-5-15(14)25-12-8-19-22(2)9-12/h6-10,14-15H,3-5H2,1-2H3,(H,21,24)/t14-,15+/m0/s1. The Balaban J connectivity index is 1.49. The van der Waals surface area contributed by atoms with E-state index in [1.807, 2.05) is 26.2 Å². The Morgan fingerprint density at radius 1 is 1.32 bits per heavy atom. The molecule has 1 N–H and O–H groups in total. The normalized spacial score (nSPS) is 20.1. The van der Waals surface area contributed by atoms with Gasteiger partial charge in [0.1, 0.15) is 6.10 Å². The maximum atomic E-state index is 12.7. The first kappa shape index (κ1) is 15.6. The zero-order chi connectivity index (χ0) is 17.4. The zero-order valence-electron chi connectivity index (χ0n) is 14.2. The molecule has 3 heterocycles. The van der Waals surface area contributed by atoms with Crippen LogP contribution in [0.4, 0.5) is 0 Å². The van der Waals surface area contributed by atoms with E-state index in [2.05, 4.69) is 20.5 Å². The predicted octanol–water partition coefficient (Wildman–Crippen LogP) is 1.50. The van der Waals surface area contributed by atoms with E-state index in [4.69, 9.17) is 4.74 Å². The van der Waals surface area contributed by atoms with E-state index < -0.39 is 0 Å². The summed E-state index contributed by atoms with van der Waals surface area (Å²) >= 11 is 0. The molecule has 0 unspecified atom stereocenters. The van der Waals surface area contributed by atoms with Gasteiger partial charge in [-0.05, 0) is 26.2 Å². The molecule has 0 saturated heterocycles. The second-order valence-electron chi connectivity index (χ2n) is 6.39. The molecular weight excluding hydrogens is 320 g/mol. The van der Waals surface area contributed by atoms with E-state index in [9.17, 15) is 4.79 Å². The van der Waals surface area contributed by atoms with Crippen molar-refractivity contribution in [3.8, 4) is 5.75 Å².